The summed E-state index contributed by atoms with van der Waals surface area (Å²) in [6.45, 7) is 0.343. The van der Waals surface area contributed by atoms with Gasteiger partial charge in [-0.3, -0.25) is 14.6 Å². The van der Waals surface area contributed by atoms with E-state index < -0.39 is 17.8 Å². The van der Waals surface area contributed by atoms with Crippen LogP contribution in [-0.4, -0.2) is 35.5 Å². The first-order valence-corrected chi connectivity index (χ1v) is 8.64. The quantitative estimate of drug-likeness (QED) is 0.854. The second kappa shape index (κ2) is 7.75. The van der Waals surface area contributed by atoms with Crippen LogP contribution in [-0.2, 0) is 16.1 Å². The maximum atomic E-state index is 13.2. The molecule has 1 unspecified atom stereocenters. The number of primary amides is 1. The van der Waals surface area contributed by atoms with Crippen LogP contribution in [0.4, 0.5) is 10.1 Å². The Morgan fingerprint density at radius 3 is 2.63 bits per heavy atom. The molecule has 0 saturated carbocycles. The molecule has 140 valence electrons. The fourth-order valence-electron chi connectivity index (χ4n) is 2.89. The topological polar surface area (TPSA) is 79.0 Å². The van der Waals surface area contributed by atoms with Crippen molar-refractivity contribution in [2.75, 3.05) is 12.1 Å². The molecule has 1 aliphatic rings. The molecular formula is C19H18ClFN4O2. The van der Waals surface area contributed by atoms with Gasteiger partial charge in [0.05, 0.1) is 5.69 Å². The molecule has 1 heterocycles. The first-order chi connectivity index (χ1) is 12.8. The molecule has 0 bridgehead atoms. The Kier molecular flexibility index (Phi) is 5.41. The molecule has 0 aromatic heterocycles. The standard InChI is InChI=1S/C19H18ClFN4O2/c1-24(11-12-3-2-4-13(20)9-12)19(27)16-10-17(18(22)26)25(23-16)15-7-5-14(21)6-8-15/h2-9,17H,10-11H2,1H3,(H2,22,26). The van der Waals surface area contributed by atoms with Gasteiger partial charge in [0.25, 0.3) is 5.91 Å². The van der Waals surface area contributed by atoms with Crippen LogP contribution in [0.2, 0.25) is 5.02 Å². The number of carbonyl (C=O) groups excluding carboxylic acids is 2. The summed E-state index contributed by atoms with van der Waals surface area (Å²) in [5.41, 5.74) is 7.04. The van der Waals surface area contributed by atoms with Crippen LogP contribution in [0, 0.1) is 5.82 Å². The third-order valence-corrected chi connectivity index (χ3v) is 4.47. The molecule has 8 heteroatoms. The van der Waals surface area contributed by atoms with Crippen molar-refractivity contribution in [2.24, 2.45) is 10.8 Å². The number of amides is 2. The summed E-state index contributed by atoms with van der Waals surface area (Å²) in [6, 6.07) is 11.9. The van der Waals surface area contributed by atoms with Crippen LogP contribution in [0.15, 0.2) is 53.6 Å². The van der Waals surface area contributed by atoms with Gasteiger partial charge in [-0.15, -0.1) is 0 Å². The molecule has 2 N–H and O–H groups in total. The molecule has 3 rings (SSSR count). The van der Waals surface area contributed by atoms with Crippen molar-refractivity contribution in [3.63, 3.8) is 0 Å². The van der Waals surface area contributed by atoms with Crippen molar-refractivity contribution in [1.29, 1.82) is 0 Å². The number of benzene rings is 2. The highest BCUT2D eigenvalue weighted by Crippen LogP contribution is 2.25. The highest BCUT2D eigenvalue weighted by Gasteiger charge is 2.35. The Morgan fingerprint density at radius 1 is 1.30 bits per heavy atom. The van der Waals surface area contributed by atoms with E-state index in [1.807, 2.05) is 12.1 Å². The third kappa shape index (κ3) is 4.25. The molecule has 2 amide bonds. The van der Waals surface area contributed by atoms with Gasteiger partial charge in [-0.25, -0.2) is 4.39 Å². The number of anilines is 1. The average Bonchev–Trinajstić information content (AvgIpc) is 3.07. The van der Waals surface area contributed by atoms with E-state index >= 15 is 0 Å². The smallest absolute Gasteiger partial charge is 0.270 e. The zero-order valence-electron chi connectivity index (χ0n) is 14.6. The molecule has 0 fully saturated rings. The number of hydrazone groups is 1. The van der Waals surface area contributed by atoms with Crippen LogP contribution in [0.3, 0.4) is 0 Å². The van der Waals surface area contributed by atoms with Crippen molar-refractivity contribution in [3.05, 3.63) is 64.9 Å². The van der Waals surface area contributed by atoms with E-state index in [0.717, 1.165) is 5.56 Å². The molecule has 6 nitrogen and oxygen atoms in total. The monoisotopic (exact) mass is 388 g/mol. The van der Waals surface area contributed by atoms with E-state index in [1.54, 1.807) is 19.2 Å². The molecule has 1 atom stereocenters. The maximum absolute atomic E-state index is 13.2. The normalized spacial score (nSPS) is 16.2. The number of halogens is 2. The van der Waals surface area contributed by atoms with Gasteiger partial charge in [0.15, 0.2) is 0 Å². The third-order valence-electron chi connectivity index (χ3n) is 4.23. The fourth-order valence-corrected chi connectivity index (χ4v) is 3.11. The zero-order chi connectivity index (χ0) is 19.6. The first-order valence-electron chi connectivity index (χ1n) is 8.26. The highest BCUT2D eigenvalue weighted by molar-refractivity contribution is 6.40. The fraction of sp³-hybridized carbons (Fsp3) is 0.211. The molecule has 1 aliphatic heterocycles. The molecular weight excluding hydrogens is 371 g/mol. The van der Waals surface area contributed by atoms with Crippen LogP contribution < -0.4 is 10.7 Å². The van der Waals surface area contributed by atoms with E-state index in [0.29, 0.717) is 17.3 Å². The second-order valence-electron chi connectivity index (χ2n) is 6.28. The summed E-state index contributed by atoms with van der Waals surface area (Å²) in [5, 5.41) is 6.23. The van der Waals surface area contributed by atoms with Gasteiger partial charge in [-0.1, -0.05) is 23.7 Å². The molecule has 0 aliphatic carbocycles. The largest absolute Gasteiger partial charge is 0.368 e. The lowest BCUT2D eigenvalue weighted by Crippen LogP contribution is -2.40. The van der Waals surface area contributed by atoms with Crippen LogP contribution in [0.5, 0.6) is 0 Å². The lowest BCUT2D eigenvalue weighted by Gasteiger charge is -2.20. The summed E-state index contributed by atoms with van der Waals surface area (Å²) in [5.74, 6) is -1.33. The number of nitrogens with zero attached hydrogens (tertiary/aromatic N) is 3. The zero-order valence-corrected chi connectivity index (χ0v) is 15.4. The van der Waals surface area contributed by atoms with Crippen molar-refractivity contribution in [2.45, 2.75) is 19.0 Å². The lowest BCUT2D eigenvalue weighted by molar-refractivity contribution is -0.123. The summed E-state index contributed by atoms with van der Waals surface area (Å²) >= 11 is 5.98. The van der Waals surface area contributed by atoms with Gasteiger partial charge in [-0.05, 0) is 42.0 Å². The highest BCUT2D eigenvalue weighted by atomic mass is 35.5. The van der Waals surface area contributed by atoms with E-state index in [-0.39, 0.29) is 18.0 Å². The minimum absolute atomic E-state index is 0.0887. The van der Waals surface area contributed by atoms with Crippen molar-refractivity contribution in [3.8, 4) is 0 Å². The predicted octanol–water partition coefficient (Wildman–Crippen LogP) is 2.56. The van der Waals surface area contributed by atoms with Gasteiger partial charge in [0.2, 0.25) is 5.91 Å². The van der Waals surface area contributed by atoms with Crippen LogP contribution in [0.1, 0.15) is 12.0 Å². The van der Waals surface area contributed by atoms with E-state index in [4.69, 9.17) is 17.3 Å². The molecule has 2 aromatic carbocycles. The average molecular weight is 389 g/mol. The Balaban J connectivity index is 1.80. The maximum Gasteiger partial charge on any atom is 0.270 e. The number of carbonyl (C=O) groups is 2. The Bertz CT molecular complexity index is 901. The number of nitrogens with two attached hydrogens (primary N) is 1. The van der Waals surface area contributed by atoms with Gasteiger partial charge < -0.3 is 10.6 Å². The van der Waals surface area contributed by atoms with Gasteiger partial charge in [0, 0.05) is 25.0 Å². The van der Waals surface area contributed by atoms with Crippen molar-refractivity contribution in [1.82, 2.24) is 4.90 Å². The van der Waals surface area contributed by atoms with E-state index in [2.05, 4.69) is 5.10 Å². The molecule has 0 radical (unpaired) electrons. The summed E-state index contributed by atoms with van der Waals surface area (Å²) in [6.07, 6.45) is 0.0887. The van der Waals surface area contributed by atoms with Gasteiger partial charge in [-0.2, -0.15) is 5.10 Å². The number of hydrogen-bond acceptors (Lipinski definition) is 4. The van der Waals surface area contributed by atoms with Gasteiger partial charge in [0.1, 0.15) is 17.6 Å². The summed E-state index contributed by atoms with van der Waals surface area (Å²) < 4.78 is 13.2. The minimum Gasteiger partial charge on any atom is -0.368 e. The predicted molar refractivity (Wildman–Crippen MR) is 102 cm³/mol. The SMILES string of the molecule is CN(Cc1cccc(Cl)c1)C(=O)C1=NN(c2ccc(F)cc2)C(C(N)=O)C1. The Morgan fingerprint density at radius 2 is 2.00 bits per heavy atom. The van der Waals surface area contributed by atoms with Crippen molar-refractivity contribution < 1.29 is 14.0 Å². The summed E-state index contributed by atoms with van der Waals surface area (Å²) in [7, 11) is 1.64. The second-order valence-corrected chi connectivity index (χ2v) is 6.72. The number of hydrogen-bond donors (Lipinski definition) is 1. The lowest BCUT2D eigenvalue weighted by atomic mass is 10.1. The molecule has 0 spiro atoms. The molecule has 27 heavy (non-hydrogen) atoms. The minimum atomic E-state index is -0.797. The van der Waals surface area contributed by atoms with Gasteiger partial charge >= 0.3 is 0 Å². The van der Waals surface area contributed by atoms with E-state index in [9.17, 15) is 14.0 Å². The molecule has 2 aromatic rings. The Hall–Kier alpha value is -2.93. The number of rotatable bonds is 5. The Labute approximate surface area is 161 Å². The van der Waals surface area contributed by atoms with E-state index in [1.165, 1.54) is 34.2 Å². The first kappa shape index (κ1) is 18.8. The van der Waals surface area contributed by atoms with Crippen LogP contribution >= 0.6 is 11.6 Å². The van der Waals surface area contributed by atoms with Crippen molar-refractivity contribution >= 4 is 34.8 Å². The summed E-state index contributed by atoms with van der Waals surface area (Å²) in [4.78, 5) is 26.1. The molecule has 0 saturated heterocycles. The van der Waals surface area contributed by atoms with Crippen LogP contribution in [0.25, 0.3) is 0 Å².